The molecule has 0 saturated carbocycles. The molecule has 1 aliphatic heterocycles. The Hall–Kier alpha value is -2.92. The molecule has 0 aliphatic carbocycles. The highest BCUT2D eigenvalue weighted by atomic mass is 35.5. The van der Waals surface area contributed by atoms with Crippen LogP contribution in [0.4, 0.5) is 5.95 Å². The number of fused-ring (bicyclic) bond motifs is 3. The zero-order chi connectivity index (χ0) is 16.5. The number of benzene rings is 2. The van der Waals surface area contributed by atoms with Gasteiger partial charge >= 0.3 is 0 Å². The predicted molar refractivity (Wildman–Crippen MR) is 91.2 cm³/mol. The van der Waals surface area contributed by atoms with Crippen molar-refractivity contribution in [1.82, 2.24) is 9.97 Å². The largest absolute Gasteiger partial charge is 0.488 e. The van der Waals surface area contributed by atoms with Gasteiger partial charge in [0.15, 0.2) is 0 Å². The van der Waals surface area contributed by atoms with Gasteiger partial charge in [0, 0.05) is 27.9 Å². The summed E-state index contributed by atoms with van der Waals surface area (Å²) < 4.78 is 5.67. The molecular formula is C18H12ClN3O2. The average molecular weight is 338 g/mol. The number of ether oxygens (including phenoxy) is 1. The third-order valence-corrected chi connectivity index (χ3v) is 3.94. The SMILES string of the molecule is O=C(Nc1ncc2c(n1)-c1ccccc1OC2)c1cccc(Cl)c1. The fraction of sp³-hybridized carbons (Fsp3) is 0.0556. The summed E-state index contributed by atoms with van der Waals surface area (Å²) in [7, 11) is 0. The summed E-state index contributed by atoms with van der Waals surface area (Å²) in [6.45, 7) is 0.412. The van der Waals surface area contributed by atoms with E-state index in [1.807, 2.05) is 24.3 Å². The third-order valence-electron chi connectivity index (χ3n) is 3.70. The molecule has 0 saturated heterocycles. The van der Waals surface area contributed by atoms with E-state index in [0.717, 1.165) is 22.6 Å². The maximum Gasteiger partial charge on any atom is 0.258 e. The lowest BCUT2D eigenvalue weighted by atomic mass is 10.0. The van der Waals surface area contributed by atoms with Crippen LogP contribution in [-0.2, 0) is 6.61 Å². The van der Waals surface area contributed by atoms with Crippen molar-refractivity contribution in [3.05, 3.63) is 70.9 Å². The molecule has 2 aromatic carbocycles. The first kappa shape index (κ1) is 14.7. The second kappa shape index (κ2) is 5.94. The van der Waals surface area contributed by atoms with E-state index in [2.05, 4.69) is 15.3 Å². The standard InChI is InChI=1S/C18H12ClN3O2/c19-13-5-3-4-11(8-13)17(23)22-18-20-9-12-10-24-15-7-2-1-6-14(15)16(12)21-18/h1-9H,10H2,(H,20,21,22,23). The number of nitrogens with one attached hydrogen (secondary N) is 1. The lowest BCUT2D eigenvalue weighted by Crippen LogP contribution is -2.16. The van der Waals surface area contributed by atoms with Crippen LogP contribution in [-0.4, -0.2) is 15.9 Å². The van der Waals surface area contributed by atoms with E-state index >= 15 is 0 Å². The van der Waals surface area contributed by atoms with Crippen LogP contribution in [0.3, 0.4) is 0 Å². The first-order chi connectivity index (χ1) is 11.7. The van der Waals surface area contributed by atoms with Crippen LogP contribution in [0, 0.1) is 0 Å². The number of hydrogen-bond acceptors (Lipinski definition) is 4. The first-order valence-electron chi connectivity index (χ1n) is 7.36. The van der Waals surface area contributed by atoms with Crippen LogP contribution in [0.25, 0.3) is 11.3 Å². The van der Waals surface area contributed by atoms with Gasteiger partial charge in [0.2, 0.25) is 5.95 Å². The van der Waals surface area contributed by atoms with E-state index in [1.54, 1.807) is 30.5 Å². The molecule has 0 radical (unpaired) electrons. The van der Waals surface area contributed by atoms with Gasteiger partial charge in [0.1, 0.15) is 12.4 Å². The van der Waals surface area contributed by atoms with Crippen molar-refractivity contribution >= 4 is 23.5 Å². The number of anilines is 1. The number of hydrogen-bond donors (Lipinski definition) is 1. The van der Waals surface area contributed by atoms with E-state index in [4.69, 9.17) is 16.3 Å². The summed E-state index contributed by atoms with van der Waals surface area (Å²) in [5.74, 6) is 0.712. The lowest BCUT2D eigenvalue weighted by molar-refractivity contribution is 0.102. The number of carbonyl (C=O) groups is 1. The maximum absolute atomic E-state index is 12.3. The van der Waals surface area contributed by atoms with Crippen molar-refractivity contribution in [1.29, 1.82) is 0 Å². The van der Waals surface area contributed by atoms with Crippen LogP contribution in [0.15, 0.2) is 54.7 Å². The minimum absolute atomic E-state index is 0.246. The molecular weight excluding hydrogens is 326 g/mol. The van der Waals surface area contributed by atoms with Gasteiger partial charge in [-0.05, 0) is 30.3 Å². The molecule has 0 atom stereocenters. The molecule has 0 unspecified atom stereocenters. The number of nitrogens with zero attached hydrogens (tertiary/aromatic N) is 2. The Balaban J connectivity index is 1.66. The van der Waals surface area contributed by atoms with Crippen molar-refractivity contribution < 1.29 is 9.53 Å². The normalized spacial score (nSPS) is 11.9. The molecule has 0 bridgehead atoms. The molecule has 1 aliphatic rings. The van der Waals surface area contributed by atoms with E-state index < -0.39 is 0 Å². The Morgan fingerprint density at radius 2 is 2.04 bits per heavy atom. The van der Waals surface area contributed by atoms with Gasteiger partial charge in [-0.25, -0.2) is 9.97 Å². The molecule has 1 N–H and O–H groups in total. The molecule has 1 aromatic heterocycles. The van der Waals surface area contributed by atoms with Crippen molar-refractivity contribution in [2.75, 3.05) is 5.32 Å². The van der Waals surface area contributed by atoms with Crippen molar-refractivity contribution in [2.24, 2.45) is 0 Å². The number of amides is 1. The van der Waals surface area contributed by atoms with E-state index in [-0.39, 0.29) is 11.9 Å². The fourth-order valence-corrected chi connectivity index (χ4v) is 2.74. The van der Waals surface area contributed by atoms with Gasteiger partial charge in [-0.1, -0.05) is 29.8 Å². The molecule has 5 nitrogen and oxygen atoms in total. The number of rotatable bonds is 2. The van der Waals surface area contributed by atoms with Crippen LogP contribution in [0.1, 0.15) is 15.9 Å². The number of carbonyl (C=O) groups excluding carboxylic acids is 1. The van der Waals surface area contributed by atoms with Gasteiger partial charge in [0.05, 0.1) is 5.69 Å². The molecule has 0 spiro atoms. The second-order valence-electron chi connectivity index (χ2n) is 5.32. The van der Waals surface area contributed by atoms with Gasteiger partial charge in [-0.3, -0.25) is 10.1 Å². The minimum Gasteiger partial charge on any atom is -0.488 e. The molecule has 118 valence electrons. The smallest absolute Gasteiger partial charge is 0.258 e. The zero-order valence-corrected chi connectivity index (χ0v) is 13.2. The average Bonchev–Trinajstić information content (AvgIpc) is 2.61. The predicted octanol–water partition coefficient (Wildman–Crippen LogP) is 3.94. The summed E-state index contributed by atoms with van der Waals surface area (Å²) >= 11 is 5.92. The van der Waals surface area contributed by atoms with Crippen LogP contribution in [0.2, 0.25) is 5.02 Å². The maximum atomic E-state index is 12.3. The molecule has 6 heteroatoms. The lowest BCUT2D eigenvalue weighted by Gasteiger charge is -2.19. The summed E-state index contributed by atoms with van der Waals surface area (Å²) in [6.07, 6.45) is 1.67. The first-order valence-corrected chi connectivity index (χ1v) is 7.73. The van der Waals surface area contributed by atoms with Gasteiger partial charge < -0.3 is 4.74 Å². The number of halogens is 1. The number of aromatic nitrogens is 2. The summed E-state index contributed by atoms with van der Waals surface area (Å²) in [6, 6.07) is 14.4. The number of para-hydroxylation sites is 1. The van der Waals surface area contributed by atoms with E-state index in [9.17, 15) is 4.79 Å². The Morgan fingerprint density at radius 1 is 1.17 bits per heavy atom. The van der Waals surface area contributed by atoms with Gasteiger partial charge in [0.25, 0.3) is 5.91 Å². The van der Waals surface area contributed by atoms with Crippen LogP contribution >= 0.6 is 11.6 Å². The summed E-state index contributed by atoms with van der Waals surface area (Å²) in [4.78, 5) is 21.0. The second-order valence-corrected chi connectivity index (χ2v) is 5.75. The van der Waals surface area contributed by atoms with Crippen molar-refractivity contribution in [3.8, 4) is 17.0 Å². The zero-order valence-electron chi connectivity index (χ0n) is 12.5. The highest BCUT2D eigenvalue weighted by molar-refractivity contribution is 6.31. The Bertz CT molecular complexity index is 943. The molecule has 1 amide bonds. The molecule has 0 fully saturated rings. The Morgan fingerprint density at radius 3 is 2.92 bits per heavy atom. The highest BCUT2D eigenvalue weighted by Crippen LogP contribution is 2.35. The van der Waals surface area contributed by atoms with E-state index in [0.29, 0.717) is 17.2 Å². The molecule has 24 heavy (non-hydrogen) atoms. The van der Waals surface area contributed by atoms with Crippen LogP contribution < -0.4 is 10.1 Å². The molecule has 4 rings (SSSR count). The van der Waals surface area contributed by atoms with Crippen molar-refractivity contribution in [2.45, 2.75) is 6.61 Å². The van der Waals surface area contributed by atoms with E-state index in [1.165, 1.54) is 0 Å². The van der Waals surface area contributed by atoms with Gasteiger partial charge in [-0.15, -0.1) is 0 Å². The summed E-state index contributed by atoms with van der Waals surface area (Å²) in [5, 5.41) is 3.21. The Labute approximate surface area is 143 Å². The third kappa shape index (κ3) is 2.70. The van der Waals surface area contributed by atoms with Crippen LogP contribution in [0.5, 0.6) is 5.75 Å². The topological polar surface area (TPSA) is 64.1 Å². The Kier molecular flexibility index (Phi) is 3.63. The quantitative estimate of drug-likeness (QED) is 0.769. The van der Waals surface area contributed by atoms with Gasteiger partial charge in [-0.2, -0.15) is 0 Å². The van der Waals surface area contributed by atoms with Crippen molar-refractivity contribution in [3.63, 3.8) is 0 Å². The monoisotopic (exact) mass is 337 g/mol. The fourth-order valence-electron chi connectivity index (χ4n) is 2.55. The molecule has 2 heterocycles. The minimum atomic E-state index is -0.308. The molecule has 3 aromatic rings. The highest BCUT2D eigenvalue weighted by Gasteiger charge is 2.20. The summed E-state index contributed by atoms with van der Waals surface area (Å²) in [5.41, 5.74) is 3.00.